The minimum absolute atomic E-state index is 0.0796. The number of carbonyl (C=O) groups is 1. The molecule has 0 saturated heterocycles. The van der Waals surface area contributed by atoms with Gasteiger partial charge in [0.15, 0.2) is 0 Å². The quantitative estimate of drug-likeness (QED) is 0.735. The van der Waals surface area contributed by atoms with Crippen LogP contribution in [0, 0.1) is 13.8 Å². The molecule has 1 amide bonds. The van der Waals surface area contributed by atoms with Gasteiger partial charge in [0.2, 0.25) is 5.91 Å². The van der Waals surface area contributed by atoms with Gasteiger partial charge in [-0.15, -0.1) is 0 Å². The van der Waals surface area contributed by atoms with Crippen molar-refractivity contribution < 1.29 is 14.1 Å². The van der Waals surface area contributed by atoms with E-state index in [2.05, 4.69) is 10.5 Å². The summed E-state index contributed by atoms with van der Waals surface area (Å²) >= 11 is 0. The van der Waals surface area contributed by atoms with Gasteiger partial charge in [0.1, 0.15) is 11.5 Å². The van der Waals surface area contributed by atoms with E-state index >= 15 is 0 Å². The zero-order valence-corrected chi connectivity index (χ0v) is 15.2. The minimum atomic E-state index is -0.241. The largest absolute Gasteiger partial charge is 0.497 e. The van der Waals surface area contributed by atoms with E-state index in [-0.39, 0.29) is 18.4 Å². The maximum Gasteiger partial charge on any atom is 0.225 e. The molecular formula is C21H22N2O3. The second-order valence-electron chi connectivity index (χ2n) is 6.16. The number of ether oxygens (including phenoxy) is 1. The number of carbonyl (C=O) groups excluding carboxylic acids is 1. The predicted molar refractivity (Wildman–Crippen MR) is 99.1 cm³/mol. The first kappa shape index (κ1) is 17.7. The Labute approximate surface area is 153 Å². The molecule has 1 unspecified atom stereocenters. The van der Waals surface area contributed by atoms with Crippen molar-refractivity contribution >= 4 is 5.91 Å². The van der Waals surface area contributed by atoms with Crippen LogP contribution in [0.15, 0.2) is 59.1 Å². The number of hydrogen-bond acceptors (Lipinski definition) is 4. The van der Waals surface area contributed by atoms with Crippen LogP contribution >= 0.6 is 0 Å². The van der Waals surface area contributed by atoms with Crippen molar-refractivity contribution in [2.45, 2.75) is 26.3 Å². The van der Waals surface area contributed by atoms with Crippen LogP contribution in [0.25, 0.3) is 0 Å². The molecule has 0 saturated carbocycles. The summed E-state index contributed by atoms with van der Waals surface area (Å²) in [4.78, 5) is 12.7. The lowest BCUT2D eigenvalue weighted by molar-refractivity contribution is -0.121. The van der Waals surface area contributed by atoms with Crippen molar-refractivity contribution in [3.8, 4) is 5.75 Å². The van der Waals surface area contributed by atoms with E-state index in [9.17, 15) is 4.79 Å². The Kier molecular flexibility index (Phi) is 5.37. The zero-order valence-electron chi connectivity index (χ0n) is 15.2. The molecule has 134 valence electrons. The summed E-state index contributed by atoms with van der Waals surface area (Å²) in [6.45, 7) is 3.66. The first-order valence-corrected chi connectivity index (χ1v) is 8.48. The molecule has 3 rings (SSSR count). The third-order valence-corrected chi connectivity index (χ3v) is 4.41. The Morgan fingerprint density at radius 1 is 1.08 bits per heavy atom. The molecule has 3 aromatic rings. The Bertz CT molecular complexity index is 851. The highest BCUT2D eigenvalue weighted by atomic mass is 16.5. The van der Waals surface area contributed by atoms with Crippen molar-refractivity contribution in [3.05, 3.63) is 82.7 Å². The van der Waals surface area contributed by atoms with Gasteiger partial charge < -0.3 is 14.6 Å². The van der Waals surface area contributed by atoms with Gasteiger partial charge in [-0.3, -0.25) is 4.79 Å². The number of aromatic nitrogens is 1. The molecule has 1 N–H and O–H groups in total. The summed E-state index contributed by atoms with van der Waals surface area (Å²) in [6, 6.07) is 17.4. The number of rotatable bonds is 6. The Hall–Kier alpha value is -3.08. The van der Waals surface area contributed by atoms with Crippen LogP contribution in [0.2, 0.25) is 0 Å². The fraction of sp³-hybridized carbons (Fsp3) is 0.238. The standard InChI is InChI=1S/C21H22N2O3/c1-14-19(15(2)26-23-14)13-20(24)22-21(16-7-5-4-6-8-16)17-9-11-18(25-3)12-10-17/h4-12,21H,13H2,1-3H3,(H,22,24). The van der Waals surface area contributed by atoms with Gasteiger partial charge in [-0.05, 0) is 37.1 Å². The fourth-order valence-electron chi connectivity index (χ4n) is 2.93. The molecule has 26 heavy (non-hydrogen) atoms. The average molecular weight is 350 g/mol. The molecule has 1 atom stereocenters. The van der Waals surface area contributed by atoms with Crippen molar-refractivity contribution in [2.24, 2.45) is 0 Å². The molecule has 0 spiro atoms. The summed E-state index contributed by atoms with van der Waals surface area (Å²) in [5.41, 5.74) is 3.59. The highest BCUT2D eigenvalue weighted by molar-refractivity contribution is 5.80. The summed E-state index contributed by atoms with van der Waals surface area (Å²) in [7, 11) is 1.63. The molecular weight excluding hydrogens is 328 g/mol. The first-order chi connectivity index (χ1) is 12.6. The minimum Gasteiger partial charge on any atom is -0.497 e. The lowest BCUT2D eigenvalue weighted by Gasteiger charge is -2.20. The maximum absolute atomic E-state index is 12.7. The van der Waals surface area contributed by atoms with Crippen LogP contribution < -0.4 is 10.1 Å². The van der Waals surface area contributed by atoms with Gasteiger partial charge in [0.25, 0.3) is 0 Å². The molecule has 5 heteroatoms. The second kappa shape index (κ2) is 7.87. The van der Waals surface area contributed by atoms with Gasteiger partial charge in [0.05, 0.1) is 25.3 Å². The van der Waals surface area contributed by atoms with E-state index in [0.29, 0.717) is 5.76 Å². The van der Waals surface area contributed by atoms with E-state index in [0.717, 1.165) is 28.1 Å². The van der Waals surface area contributed by atoms with E-state index in [4.69, 9.17) is 9.26 Å². The Morgan fingerprint density at radius 3 is 2.31 bits per heavy atom. The predicted octanol–water partition coefficient (Wildman–Crippen LogP) is 3.75. The molecule has 0 radical (unpaired) electrons. The SMILES string of the molecule is COc1ccc(C(NC(=O)Cc2c(C)noc2C)c2ccccc2)cc1. The maximum atomic E-state index is 12.7. The number of hydrogen-bond donors (Lipinski definition) is 1. The Balaban J connectivity index is 1.85. The van der Waals surface area contributed by atoms with Gasteiger partial charge in [-0.1, -0.05) is 47.6 Å². The van der Waals surface area contributed by atoms with Crippen LogP contribution in [0.5, 0.6) is 5.75 Å². The van der Waals surface area contributed by atoms with E-state index in [1.165, 1.54) is 0 Å². The van der Waals surface area contributed by atoms with Crippen molar-refractivity contribution in [2.75, 3.05) is 7.11 Å². The summed E-state index contributed by atoms with van der Waals surface area (Å²) < 4.78 is 10.4. The van der Waals surface area contributed by atoms with Gasteiger partial charge in [0, 0.05) is 5.56 Å². The highest BCUT2D eigenvalue weighted by Gasteiger charge is 2.19. The number of nitrogens with one attached hydrogen (secondary N) is 1. The van der Waals surface area contributed by atoms with Crippen molar-refractivity contribution in [1.82, 2.24) is 10.5 Å². The van der Waals surface area contributed by atoms with Crippen molar-refractivity contribution in [1.29, 1.82) is 0 Å². The van der Waals surface area contributed by atoms with E-state index in [1.807, 2.05) is 68.4 Å². The van der Waals surface area contributed by atoms with Crippen LogP contribution in [0.3, 0.4) is 0 Å². The van der Waals surface area contributed by atoms with Crippen LogP contribution in [-0.4, -0.2) is 18.2 Å². The average Bonchev–Trinajstić information content (AvgIpc) is 2.99. The van der Waals surface area contributed by atoms with Gasteiger partial charge in [-0.2, -0.15) is 0 Å². The molecule has 1 aromatic heterocycles. The monoisotopic (exact) mass is 350 g/mol. The molecule has 0 aliphatic rings. The highest BCUT2D eigenvalue weighted by Crippen LogP contribution is 2.24. The molecule has 0 bridgehead atoms. The third-order valence-electron chi connectivity index (χ3n) is 4.41. The molecule has 5 nitrogen and oxygen atoms in total. The molecule has 1 heterocycles. The molecule has 2 aromatic carbocycles. The lowest BCUT2D eigenvalue weighted by Crippen LogP contribution is -2.30. The van der Waals surface area contributed by atoms with Crippen LogP contribution in [0.1, 0.15) is 34.2 Å². The topological polar surface area (TPSA) is 64.4 Å². The third kappa shape index (κ3) is 3.94. The van der Waals surface area contributed by atoms with Gasteiger partial charge >= 0.3 is 0 Å². The van der Waals surface area contributed by atoms with Crippen LogP contribution in [-0.2, 0) is 11.2 Å². The van der Waals surface area contributed by atoms with Crippen LogP contribution in [0.4, 0.5) is 0 Å². The summed E-state index contributed by atoms with van der Waals surface area (Å²) in [5, 5.41) is 7.05. The van der Waals surface area contributed by atoms with Gasteiger partial charge in [-0.25, -0.2) is 0 Å². The second-order valence-corrected chi connectivity index (χ2v) is 6.16. The number of methoxy groups -OCH3 is 1. The normalized spacial score (nSPS) is 11.8. The van der Waals surface area contributed by atoms with Crippen molar-refractivity contribution in [3.63, 3.8) is 0 Å². The first-order valence-electron chi connectivity index (χ1n) is 8.48. The number of aryl methyl sites for hydroxylation is 2. The Morgan fingerprint density at radius 2 is 1.73 bits per heavy atom. The number of nitrogens with zero attached hydrogens (tertiary/aromatic N) is 1. The number of benzene rings is 2. The number of amides is 1. The molecule has 0 aliphatic carbocycles. The fourth-order valence-corrected chi connectivity index (χ4v) is 2.93. The summed E-state index contributed by atoms with van der Waals surface area (Å²) in [5.74, 6) is 1.38. The smallest absolute Gasteiger partial charge is 0.225 e. The lowest BCUT2D eigenvalue weighted by atomic mass is 9.98. The molecule has 0 fully saturated rings. The van der Waals surface area contributed by atoms with E-state index in [1.54, 1.807) is 7.11 Å². The molecule has 0 aliphatic heterocycles. The van der Waals surface area contributed by atoms with E-state index < -0.39 is 0 Å². The zero-order chi connectivity index (χ0) is 18.5. The summed E-state index contributed by atoms with van der Waals surface area (Å²) in [6.07, 6.45) is 0.237.